The quantitative estimate of drug-likeness (QED) is 0.750. The molecule has 14 heavy (non-hydrogen) atoms. The van der Waals surface area contributed by atoms with Gasteiger partial charge < -0.3 is 0 Å². The van der Waals surface area contributed by atoms with E-state index in [2.05, 4.69) is 10.2 Å². The molecule has 0 unspecified atom stereocenters. The highest BCUT2D eigenvalue weighted by Gasteiger charge is 2.12. The summed E-state index contributed by atoms with van der Waals surface area (Å²) in [5, 5.41) is 7.71. The molecule has 0 spiro atoms. The van der Waals surface area contributed by atoms with E-state index in [4.69, 9.17) is 23.2 Å². The highest BCUT2D eigenvalue weighted by Crippen LogP contribution is 2.18. The van der Waals surface area contributed by atoms with Gasteiger partial charge in [-0.05, 0) is 12.5 Å². The van der Waals surface area contributed by atoms with Crippen molar-refractivity contribution < 1.29 is 4.79 Å². The molecule has 0 radical (unpaired) electrons. The van der Waals surface area contributed by atoms with Gasteiger partial charge in [-0.2, -0.15) is 0 Å². The van der Waals surface area contributed by atoms with Crippen molar-refractivity contribution in [2.45, 2.75) is 26.2 Å². The average molecular weight is 233 g/mol. The lowest BCUT2D eigenvalue weighted by Crippen LogP contribution is -2.04. The van der Waals surface area contributed by atoms with Gasteiger partial charge in [-0.25, -0.2) is 0 Å². The van der Waals surface area contributed by atoms with Crippen molar-refractivity contribution in [1.82, 2.24) is 10.2 Å². The summed E-state index contributed by atoms with van der Waals surface area (Å²) in [6.45, 7) is 2.02. The summed E-state index contributed by atoms with van der Waals surface area (Å²) < 4.78 is 0. The molecular formula is C9H10Cl2N2O. The number of nitrogens with zero attached hydrogens (tertiary/aromatic N) is 2. The minimum atomic E-state index is -0.0824. The van der Waals surface area contributed by atoms with Crippen LogP contribution in [0.25, 0.3) is 0 Å². The second kappa shape index (κ2) is 5.27. The van der Waals surface area contributed by atoms with Crippen molar-refractivity contribution in [2.75, 3.05) is 0 Å². The average Bonchev–Trinajstić information content (AvgIpc) is 2.14. The van der Waals surface area contributed by atoms with Crippen LogP contribution < -0.4 is 0 Å². The lowest BCUT2D eigenvalue weighted by molar-refractivity contribution is 0.0974. The number of hydrogen-bond donors (Lipinski definition) is 0. The van der Waals surface area contributed by atoms with Crippen molar-refractivity contribution >= 4 is 29.0 Å². The Labute approximate surface area is 92.4 Å². The number of Topliss-reactive ketones (excluding diaryl/α,β-unsaturated/α-hetero) is 1. The number of unbranched alkanes of at least 4 members (excludes halogenated alkanes) is 1. The van der Waals surface area contributed by atoms with Crippen LogP contribution in [0.5, 0.6) is 0 Å². The van der Waals surface area contributed by atoms with Crippen molar-refractivity contribution in [3.8, 4) is 0 Å². The maximum atomic E-state index is 11.5. The first-order valence-corrected chi connectivity index (χ1v) is 5.12. The van der Waals surface area contributed by atoms with Gasteiger partial charge in [0, 0.05) is 6.42 Å². The summed E-state index contributed by atoms with van der Waals surface area (Å²) in [7, 11) is 0. The minimum Gasteiger partial charge on any atom is -0.292 e. The molecule has 1 rings (SSSR count). The molecule has 0 saturated carbocycles. The van der Waals surface area contributed by atoms with Gasteiger partial charge in [-0.15, -0.1) is 10.2 Å². The second-order valence-corrected chi connectivity index (χ2v) is 3.68. The maximum absolute atomic E-state index is 11.5. The largest absolute Gasteiger partial charge is 0.292 e. The summed E-state index contributed by atoms with van der Waals surface area (Å²) >= 11 is 11.4. The van der Waals surface area contributed by atoms with E-state index in [-0.39, 0.29) is 21.7 Å². The third-order valence-corrected chi connectivity index (χ3v) is 2.21. The molecule has 0 atom stereocenters. The zero-order chi connectivity index (χ0) is 10.6. The van der Waals surface area contributed by atoms with Crippen LogP contribution in [0.4, 0.5) is 0 Å². The zero-order valence-corrected chi connectivity index (χ0v) is 9.27. The van der Waals surface area contributed by atoms with Gasteiger partial charge in [0.2, 0.25) is 0 Å². The first-order valence-electron chi connectivity index (χ1n) is 4.37. The van der Waals surface area contributed by atoms with Gasteiger partial charge in [0.25, 0.3) is 0 Å². The van der Waals surface area contributed by atoms with E-state index < -0.39 is 0 Å². The fourth-order valence-corrected chi connectivity index (χ4v) is 1.44. The predicted molar refractivity (Wildman–Crippen MR) is 55.9 cm³/mol. The van der Waals surface area contributed by atoms with E-state index in [0.29, 0.717) is 6.42 Å². The number of carbonyl (C=O) groups is 1. The van der Waals surface area contributed by atoms with Crippen molar-refractivity contribution in [1.29, 1.82) is 0 Å². The number of aromatic nitrogens is 2. The van der Waals surface area contributed by atoms with Crippen LogP contribution in [0.15, 0.2) is 6.07 Å². The SMILES string of the molecule is CCCCC(=O)c1nnc(Cl)cc1Cl. The first kappa shape index (κ1) is 11.4. The van der Waals surface area contributed by atoms with Crippen molar-refractivity contribution in [2.24, 2.45) is 0 Å². The van der Waals surface area contributed by atoms with Gasteiger partial charge in [0.15, 0.2) is 10.9 Å². The highest BCUT2D eigenvalue weighted by atomic mass is 35.5. The monoisotopic (exact) mass is 232 g/mol. The lowest BCUT2D eigenvalue weighted by Gasteiger charge is -2.00. The number of halogens is 2. The fraction of sp³-hybridized carbons (Fsp3) is 0.444. The molecule has 0 fully saturated rings. The highest BCUT2D eigenvalue weighted by molar-refractivity contribution is 6.35. The van der Waals surface area contributed by atoms with Crippen LogP contribution in [0.1, 0.15) is 36.7 Å². The lowest BCUT2D eigenvalue weighted by atomic mass is 10.1. The van der Waals surface area contributed by atoms with Crippen LogP contribution in [0.2, 0.25) is 10.2 Å². The molecule has 0 N–H and O–H groups in total. The molecule has 0 saturated heterocycles. The normalized spacial score (nSPS) is 10.2. The molecule has 3 nitrogen and oxygen atoms in total. The van der Waals surface area contributed by atoms with Crippen LogP contribution in [-0.4, -0.2) is 16.0 Å². The van der Waals surface area contributed by atoms with Crippen molar-refractivity contribution in [3.05, 3.63) is 21.9 Å². The van der Waals surface area contributed by atoms with E-state index in [1.807, 2.05) is 6.92 Å². The topological polar surface area (TPSA) is 42.9 Å². The van der Waals surface area contributed by atoms with Crippen LogP contribution in [0.3, 0.4) is 0 Å². The smallest absolute Gasteiger partial charge is 0.184 e. The van der Waals surface area contributed by atoms with Gasteiger partial charge in [-0.3, -0.25) is 4.79 Å². The summed E-state index contributed by atoms with van der Waals surface area (Å²) in [5.41, 5.74) is 0.213. The fourth-order valence-electron chi connectivity index (χ4n) is 0.992. The zero-order valence-electron chi connectivity index (χ0n) is 7.76. The molecule has 76 valence electrons. The van der Waals surface area contributed by atoms with E-state index >= 15 is 0 Å². The van der Waals surface area contributed by atoms with Gasteiger partial charge in [0.05, 0.1) is 5.02 Å². The Bertz CT molecular complexity index is 342. The molecule has 0 aliphatic heterocycles. The van der Waals surface area contributed by atoms with Gasteiger partial charge >= 0.3 is 0 Å². The minimum absolute atomic E-state index is 0.0824. The predicted octanol–water partition coefficient (Wildman–Crippen LogP) is 3.16. The van der Waals surface area contributed by atoms with Crippen LogP contribution >= 0.6 is 23.2 Å². The van der Waals surface area contributed by atoms with E-state index in [9.17, 15) is 4.79 Å². The molecule has 1 heterocycles. The van der Waals surface area contributed by atoms with E-state index in [1.165, 1.54) is 6.07 Å². The molecule has 5 heteroatoms. The Balaban J connectivity index is 2.80. The summed E-state index contributed by atoms with van der Waals surface area (Å²) in [6.07, 6.45) is 2.25. The molecule has 0 amide bonds. The molecule has 0 bridgehead atoms. The summed E-state index contributed by atoms with van der Waals surface area (Å²) in [6, 6.07) is 1.43. The second-order valence-electron chi connectivity index (χ2n) is 2.89. The van der Waals surface area contributed by atoms with E-state index in [0.717, 1.165) is 12.8 Å². The van der Waals surface area contributed by atoms with Crippen molar-refractivity contribution in [3.63, 3.8) is 0 Å². The van der Waals surface area contributed by atoms with Gasteiger partial charge in [-0.1, -0.05) is 36.5 Å². The standard InChI is InChI=1S/C9H10Cl2N2O/c1-2-3-4-7(14)9-6(10)5-8(11)12-13-9/h5H,2-4H2,1H3. The molecule has 0 aliphatic rings. The molecule has 1 aromatic heterocycles. The van der Waals surface area contributed by atoms with Crippen LogP contribution in [-0.2, 0) is 0 Å². The van der Waals surface area contributed by atoms with Crippen LogP contribution in [0, 0.1) is 0 Å². The third kappa shape index (κ3) is 2.93. The molecule has 0 aliphatic carbocycles. The Morgan fingerprint density at radius 2 is 2.14 bits per heavy atom. The molecule has 0 aromatic carbocycles. The Kier molecular flexibility index (Phi) is 4.29. The number of carbonyl (C=O) groups excluding carboxylic acids is 1. The Morgan fingerprint density at radius 3 is 2.71 bits per heavy atom. The van der Waals surface area contributed by atoms with E-state index in [1.54, 1.807) is 0 Å². The first-order chi connectivity index (χ1) is 6.65. The molecular weight excluding hydrogens is 223 g/mol. The Morgan fingerprint density at radius 1 is 1.43 bits per heavy atom. The summed E-state index contributed by atoms with van der Waals surface area (Å²) in [5.74, 6) is -0.0824. The number of rotatable bonds is 4. The summed E-state index contributed by atoms with van der Waals surface area (Å²) in [4.78, 5) is 11.5. The Hall–Kier alpha value is -0.670. The number of ketones is 1. The van der Waals surface area contributed by atoms with Gasteiger partial charge in [0.1, 0.15) is 5.69 Å². The maximum Gasteiger partial charge on any atom is 0.184 e. The third-order valence-electron chi connectivity index (χ3n) is 1.74. The molecule has 1 aromatic rings. The number of hydrogen-bond acceptors (Lipinski definition) is 3.